The molecule has 1 N–H and O–H groups in total. The molecule has 2 aromatic carbocycles. The Bertz CT molecular complexity index is 961. The van der Waals surface area contributed by atoms with Gasteiger partial charge >= 0.3 is 0 Å². The van der Waals surface area contributed by atoms with Crippen molar-refractivity contribution in [2.75, 3.05) is 18.4 Å². The number of carbonyl (C=O) groups excluding carboxylic acids is 1. The average Bonchev–Trinajstić information content (AvgIpc) is 2.69. The van der Waals surface area contributed by atoms with Gasteiger partial charge in [0.2, 0.25) is 10.0 Å². The Morgan fingerprint density at radius 2 is 1.71 bits per heavy atom. The van der Waals surface area contributed by atoms with E-state index in [1.54, 1.807) is 19.1 Å². The fraction of sp³-hybridized carbons (Fsp3) is 0.409. The summed E-state index contributed by atoms with van der Waals surface area (Å²) in [6.45, 7) is 6.99. The van der Waals surface area contributed by atoms with Gasteiger partial charge in [-0.1, -0.05) is 44.5 Å². The monoisotopic (exact) mass is 400 g/mol. The Morgan fingerprint density at radius 1 is 1.04 bits per heavy atom. The van der Waals surface area contributed by atoms with Gasteiger partial charge in [0.1, 0.15) is 0 Å². The second-order valence-corrected chi connectivity index (χ2v) is 9.55. The van der Waals surface area contributed by atoms with Crippen molar-refractivity contribution in [3.63, 3.8) is 0 Å². The Kier molecular flexibility index (Phi) is 6.20. The lowest BCUT2D eigenvalue weighted by atomic mass is 10.0. The minimum absolute atomic E-state index is 0.221. The maximum atomic E-state index is 13.1. The number of nitrogens with zero attached hydrogens (tertiary/aromatic N) is 1. The molecule has 1 amide bonds. The molecule has 28 heavy (non-hydrogen) atoms. The van der Waals surface area contributed by atoms with E-state index in [2.05, 4.69) is 19.2 Å². The molecular weight excluding hydrogens is 372 g/mol. The van der Waals surface area contributed by atoms with E-state index in [4.69, 9.17) is 0 Å². The SMILES string of the molecule is Cc1ccc(C(=O)Nc2ccccc2C(C)C)cc1S(=O)(=O)N1CCCCC1. The van der Waals surface area contributed by atoms with Gasteiger partial charge in [0.05, 0.1) is 4.90 Å². The van der Waals surface area contributed by atoms with E-state index in [-0.39, 0.29) is 16.7 Å². The number of anilines is 1. The zero-order valence-electron chi connectivity index (χ0n) is 16.7. The summed E-state index contributed by atoms with van der Waals surface area (Å²) >= 11 is 0. The van der Waals surface area contributed by atoms with E-state index in [0.717, 1.165) is 30.5 Å². The normalized spacial score (nSPS) is 15.6. The Labute approximate surface area is 167 Å². The van der Waals surface area contributed by atoms with Gasteiger partial charge in [0.15, 0.2) is 0 Å². The van der Waals surface area contributed by atoms with Crippen LogP contribution >= 0.6 is 0 Å². The summed E-state index contributed by atoms with van der Waals surface area (Å²) in [5, 5.41) is 2.94. The van der Waals surface area contributed by atoms with E-state index in [1.807, 2.05) is 24.3 Å². The minimum atomic E-state index is -3.59. The quantitative estimate of drug-likeness (QED) is 0.801. The van der Waals surface area contributed by atoms with Gasteiger partial charge in [-0.25, -0.2) is 8.42 Å². The second-order valence-electron chi connectivity index (χ2n) is 7.64. The molecule has 5 nitrogen and oxygen atoms in total. The van der Waals surface area contributed by atoms with E-state index in [9.17, 15) is 13.2 Å². The highest BCUT2D eigenvalue weighted by atomic mass is 32.2. The summed E-state index contributed by atoms with van der Waals surface area (Å²) in [5.41, 5.74) is 2.80. The molecule has 0 aromatic heterocycles. The fourth-order valence-corrected chi connectivity index (χ4v) is 5.34. The summed E-state index contributed by atoms with van der Waals surface area (Å²) in [7, 11) is -3.59. The van der Waals surface area contributed by atoms with Crippen molar-refractivity contribution in [2.45, 2.75) is 50.8 Å². The first kappa shape index (κ1) is 20.6. The molecule has 1 saturated heterocycles. The summed E-state index contributed by atoms with van der Waals surface area (Å²) in [4.78, 5) is 13.1. The topological polar surface area (TPSA) is 66.5 Å². The highest BCUT2D eigenvalue weighted by Crippen LogP contribution is 2.27. The predicted molar refractivity (Wildman–Crippen MR) is 112 cm³/mol. The van der Waals surface area contributed by atoms with Crippen molar-refractivity contribution >= 4 is 21.6 Å². The lowest BCUT2D eigenvalue weighted by Crippen LogP contribution is -2.36. The Morgan fingerprint density at radius 3 is 2.39 bits per heavy atom. The number of piperidine rings is 1. The molecule has 6 heteroatoms. The number of benzene rings is 2. The van der Waals surface area contributed by atoms with Crippen molar-refractivity contribution in [1.82, 2.24) is 4.31 Å². The first-order chi connectivity index (χ1) is 13.3. The van der Waals surface area contributed by atoms with Crippen LogP contribution in [0.2, 0.25) is 0 Å². The number of rotatable bonds is 5. The van der Waals surface area contributed by atoms with E-state index >= 15 is 0 Å². The molecule has 150 valence electrons. The number of amides is 1. The number of hydrogen-bond donors (Lipinski definition) is 1. The lowest BCUT2D eigenvalue weighted by Gasteiger charge is -2.26. The largest absolute Gasteiger partial charge is 0.322 e. The van der Waals surface area contributed by atoms with Gasteiger partial charge in [-0.2, -0.15) is 4.31 Å². The third-order valence-electron chi connectivity index (χ3n) is 5.21. The summed E-state index contributed by atoms with van der Waals surface area (Å²) in [6, 6.07) is 12.6. The summed E-state index contributed by atoms with van der Waals surface area (Å²) in [6.07, 6.45) is 2.82. The molecule has 0 saturated carbocycles. The van der Waals surface area contributed by atoms with Crippen LogP contribution in [0.5, 0.6) is 0 Å². The zero-order chi connectivity index (χ0) is 20.3. The van der Waals surface area contributed by atoms with Crippen LogP contribution in [0.25, 0.3) is 0 Å². The Balaban J connectivity index is 1.90. The van der Waals surface area contributed by atoms with Crippen LogP contribution in [0, 0.1) is 6.92 Å². The maximum Gasteiger partial charge on any atom is 0.255 e. The smallest absolute Gasteiger partial charge is 0.255 e. The van der Waals surface area contributed by atoms with Gasteiger partial charge < -0.3 is 5.32 Å². The predicted octanol–water partition coefficient (Wildman–Crippen LogP) is 4.55. The van der Waals surface area contributed by atoms with Gasteiger partial charge in [0, 0.05) is 24.3 Å². The standard InChI is InChI=1S/C22H28N2O3S/c1-16(2)19-9-5-6-10-20(19)23-22(25)18-12-11-17(3)21(15-18)28(26,27)24-13-7-4-8-14-24/h5-6,9-12,15-16H,4,7-8,13-14H2,1-3H3,(H,23,25). The first-order valence-corrected chi connectivity index (χ1v) is 11.3. The summed E-state index contributed by atoms with van der Waals surface area (Å²) in [5.74, 6) is -0.0345. The number of carbonyl (C=O) groups is 1. The molecule has 0 spiro atoms. The van der Waals surface area contributed by atoms with Crippen LogP contribution in [-0.2, 0) is 10.0 Å². The third-order valence-corrected chi connectivity index (χ3v) is 7.25. The number of hydrogen-bond acceptors (Lipinski definition) is 3. The highest BCUT2D eigenvalue weighted by molar-refractivity contribution is 7.89. The van der Waals surface area contributed by atoms with Crippen molar-refractivity contribution in [3.8, 4) is 0 Å². The summed E-state index contributed by atoms with van der Waals surface area (Å²) < 4.78 is 27.7. The molecule has 1 heterocycles. The molecule has 0 atom stereocenters. The Hall–Kier alpha value is -2.18. The van der Waals surface area contributed by atoms with Crippen molar-refractivity contribution in [2.24, 2.45) is 0 Å². The van der Waals surface area contributed by atoms with Crippen molar-refractivity contribution in [1.29, 1.82) is 0 Å². The molecule has 1 fully saturated rings. The molecular formula is C22H28N2O3S. The van der Waals surface area contributed by atoms with Crippen molar-refractivity contribution < 1.29 is 13.2 Å². The van der Waals surface area contributed by atoms with Gasteiger partial charge in [-0.15, -0.1) is 0 Å². The lowest BCUT2D eigenvalue weighted by molar-refractivity contribution is 0.102. The molecule has 1 aliphatic heterocycles. The van der Waals surface area contributed by atoms with E-state index in [1.165, 1.54) is 10.4 Å². The van der Waals surface area contributed by atoms with Crippen LogP contribution in [0.15, 0.2) is 47.4 Å². The number of para-hydroxylation sites is 1. The highest BCUT2D eigenvalue weighted by Gasteiger charge is 2.28. The first-order valence-electron chi connectivity index (χ1n) is 9.82. The van der Waals surface area contributed by atoms with Crippen LogP contribution in [0.1, 0.15) is 60.5 Å². The third kappa shape index (κ3) is 4.28. The van der Waals surface area contributed by atoms with Crippen LogP contribution in [0.3, 0.4) is 0 Å². The molecule has 2 aromatic rings. The number of sulfonamides is 1. The average molecular weight is 401 g/mol. The molecule has 1 aliphatic rings. The minimum Gasteiger partial charge on any atom is -0.322 e. The van der Waals surface area contributed by atoms with Crippen molar-refractivity contribution in [3.05, 3.63) is 59.2 Å². The van der Waals surface area contributed by atoms with Gasteiger partial charge in [-0.3, -0.25) is 4.79 Å². The van der Waals surface area contributed by atoms with E-state index in [0.29, 0.717) is 24.2 Å². The van der Waals surface area contributed by atoms with E-state index < -0.39 is 10.0 Å². The molecule has 0 unspecified atom stereocenters. The number of aryl methyl sites for hydroxylation is 1. The van der Waals surface area contributed by atoms with Gasteiger partial charge in [0.25, 0.3) is 5.91 Å². The van der Waals surface area contributed by atoms with Gasteiger partial charge in [-0.05, 0) is 55.0 Å². The number of nitrogens with one attached hydrogen (secondary N) is 1. The zero-order valence-corrected chi connectivity index (χ0v) is 17.6. The molecule has 0 aliphatic carbocycles. The second kappa shape index (κ2) is 8.45. The van der Waals surface area contributed by atoms with Crippen LogP contribution in [-0.4, -0.2) is 31.7 Å². The maximum absolute atomic E-state index is 13.1. The fourth-order valence-electron chi connectivity index (χ4n) is 3.57. The molecule has 3 rings (SSSR count). The molecule has 0 radical (unpaired) electrons. The molecule has 0 bridgehead atoms. The van der Waals surface area contributed by atoms with Crippen LogP contribution < -0.4 is 5.32 Å². The van der Waals surface area contributed by atoms with Crippen LogP contribution in [0.4, 0.5) is 5.69 Å².